The molecule has 1 fully saturated rings. The molecule has 9 nitrogen and oxygen atoms in total. The van der Waals surface area contributed by atoms with Crippen LogP contribution in [-0.2, 0) is 11.8 Å². The van der Waals surface area contributed by atoms with Crippen LogP contribution in [0.3, 0.4) is 0 Å². The van der Waals surface area contributed by atoms with Crippen LogP contribution in [0.2, 0.25) is 0 Å². The van der Waals surface area contributed by atoms with E-state index in [-0.39, 0.29) is 24.2 Å². The van der Waals surface area contributed by atoms with Crippen LogP contribution in [0.25, 0.3) is 0 Å². The van der Waals surface area contributed by atoms with Gasteiger partial charge in [-0.1, -0.05) is 0 Å². The van der Waals surface area contributed by atoms with Gasteiger partial charge in [-0.25, -0.2) is 4.98 Å². The van der Waals surface area contributed by atoms with Gasteiger partial charge in [0.25, 0.3) is 5.69 Å². The van der Waals surface area contributed by atoms with E-state index in [0.29, 0.717) is 11.3 Å². The van der Waals surface area contributed by atoms with Crippen molar-refractivity contribution in [3.63, 3.8) is 0 Å². The summed E-state index contributed by atoms with van der Waals surface area (Å²) in [5.74, 6) is 0.763. The Morgan fingerprint density at radius 3 is 2.96 bits per heavy atom. The number of hydrogen-bond acceptors (Lipinski definition) is 6. The third-order valence-corrected chi connectivity index (χ3v) is 4.55. The lowest BCUT2D eigenvalue weighted by atomic mass is 10.1. The first-order valence-electron chi connectivity index (χ1n) is 8.42. The molecule has 0 saturated carbocycles. The van der Waals surface area contributed by atoms with E-state index in [1.165, 1.54) is 12.1 Å². The molecule has 1 aromatic carbocycles. The summed E-state index contributed by atoms with van der Waals surface area (Å²) in [6.07, 6.45) is 3.64. The van der Waals surface area contributed by atoms with E-state index in [9.17, 15) is 14.9 Å². The van der Waals surface area contributed by atoms with Crippen LogP contribution in [0.15, 0.2) is 30.6 Å². The second-order valence-corrected chi connectivity index (χ2v) is 6.39. The Morgan fingerprint density at radius 2 is 2.31 bits per heavy atom. The van der Waals surface area contributed by atoms with Crippen LogP contribution in [0.4, 0.5) is 11.4 Å². The van der Waals surface area contributed by atoms with Gasteiger partial charge in [0.15, 0.2) is 0 Å². The summed E-state index contributed by atoms with van der Waals surface area (Å²) in [4.78, 5) is 29.4. The zero-order valence-electron chi connectivity index (χ0n) is 14.8. The highest BCUT2D eigenvalue weighted by Crippen LogP contribution is 2.23. The van der Waals surface area contributed by atoms with Crippen molar-refractivity contribution in [3.05, 3.63) is 52.1 Å². The molecular formula is C17H22N6O3. The van der Waals surface area contributed by atoms with Gasteiger partial charge in [0, 0.05) is 56.9 Å². The largest absolute Gasteiger partial charge is 0.337 e. The lowest BCUT2D eigenvalue weighted by Gasteiger charge is -2.35. The number of imidazole rings is 1. The highest BCUT2D eigenvalue weighted by molar-refractivity contribution is 5.93. The molecule has 0 radical (unpaired) electrons. The summed E-state index contributed by atoms with van der Waals surface area (Å²) < 4.78 is 1.96. The van der Waals surface area contributed by atoms with Gasteiger partial charge in [0.2, 0.25) is 5.91 Å². The molecule has 3 rings (SSSR count). The Kier molecular flexibility index (Phi) is 5.29. The number of carbonyl (C=O) groups excluding carboxylic acids is 1. The highest BCUT2D eigenvalue weighted by Gasteiger charge is 2.28. The number of hydrogen-bond donors (Lipinski definition) is 2. The maximum atomic E-state index is 12.5. The molecule has 0 spiro atoms. The molecule has 138 valence electrons. The number of nitro benzene ring substituents is 1. The van der Waals surface area contributed by atoms with E-state index >= 15 is 0 Å². The van der Waals surface area contributed by atoms with E-state index in [1.807, 2.05) is 17.8 Å². The lowest BCUT2D eigenvalue weighted by Crippen LogP contribution is -2.49. The minimum atomic E-state index is -0.448. The summed E-state index contributed by atoms with van der Waals surface area (Å²) in [5.41, 5.74) is 1.26. The third-order valence-electron chi connectivity index (χ3n) is 4.55. The molecular weight excluding hydrogens is 336 g/mol. The van der Waals surface area contributed by atoms with Crippen LogP contribution in [0.1, 0.15) is 17.4 Å². The van der Waals surface area contributed by atoms with E-state index in [4.69, 9.17) is 0 Å². The van der Waals surface area contributed by atoms with Gasteiger partial charge in [-0.15, -0.1) is 0 Å². The number of nitrogens with zero attached hydrogens (tertiary/aromatic N) is 4. The Labute approximate surface area is 151 Å². The van der Waals surface area contributed by atoms with Crippen LogP contribution in [-0.4, -0.2) is 51.5 Å². The van der Waals surface area contributed by atoms with Crippen molar-refractivity contribution in [1.82, 2.24) is 19.8 Å². The first kappa shape index (κ1) is 18.0. The zero-order valence-corrected chi connectivity index (χ0v) is 14.8. The van der Waals surface area contributed by atoms with Crippen LogP contribution in [0.5, 0.6) is 0 Å². The van der Waals surface area contributed by atoms with E-state index in [1.54, 1.807) is 19.2 Å². The maximum absolute atomic E-state index is 12.5. The molecule has 1 unspecified atom stereocenters. The molecule has 2 heterocycles. The van der Waals surface area contributed by atoms with Gasteiger partial charge in [-0.2, -0.15) is 0 Å². The number of aromatic nitrogens is 2. The van der Waals surface area contributed by atoms with Gasteiger partial charge in [0.05, 0.1) is 17.5 Å². The Morgan fingerprint density at radius 1 is 1.50 bits per heavy atom. The van der Waals surface area contributed by atoms with Gasteiger partial charge in [-0.3, -0.25) is 19.8 Å². The van der Waals surface area contributed by atoms with E-state index < -0.39 is 4.92 Å². The topological polar surface area (TPSA) is 105 Å². The summed E-state index contributed by atoms with van der Waals surface area (Å²) in [6.45, 7) is 4.25. The van der Waals surface area contributed by atoms with Crippen molar-refractivity contribution in [2.45, 2.75) is 13.0 Å². The van der Waals surface area contributed by atoms with Crippen molar-refractivity contribution in [3.8, 4) is 0 Å². The Bertz CT molecular complexity index is 819. The van der Waals surface area contributed by atoms with Crippen molar-refractivity contribution in [2.75, 3.05) is 31.5 Å². The third kappa shape index (κ3) is 3.89. The van der Waals surface area contributed by atoms with Gasteiger partial charge in [0.1, 0.15) is 5.82 Å². The minimum absolute atomic E-state index is 0.0115. The molecule has 1 aromatic heterocycles. The van der Waals surface area contributed by atoms with Crippen LogP contribution >= 0.6 is 0 Å². The number of carbonyl (C=O) groups is 1. The number of amides is 1. The molecule has 1 atom stereocenters. The maximum Gasteiger partial charge on any atom is 0.269 e. The van der Waals surface area contributed by atoms with Crippen LogP contribution in [0, 0.1) is 17.0 Å². The number of nitrogens with one attached hydrogen (secondary N) is 2. The average molecular weight is 358 g/mol. The Hall–Kier alpha value is -2.78. The summed E-state index contributed by atoms with van der Waals surface area (Å²) in [5, 5.41) is 17.0. The predicted molar refractivity (Wildman–Crippen MR) is 96.9 cm³/mol. The summed E-state index contributed by atoms with van der Waals surface area (Å²) in [6, 6.07) is 4.44. The highest BCUT2D eigenvalue weighted by atomic mass is 16.6. The molecule has 0 bridgehead atoms. The van der Waals surface area contributed by atoms with Crippen molar-refractivity contribution in [1.29, 1.82) is 0 Å². The fraction of sp³-hybridized carbons (Fsp3) is 0.412. The zero-order chi connectivity index (χ0) is 18.7. The quantitative estimate of drug-likeness (QED) is 0.615. The molecule has 1 aliphatic rings. The fourth-order valence-electron chi connectivity index (χ4n) is 3.16. The lowest BCUT2D eigenvalue weighted by molar-refractivity contribution is -0.384. The second kappa shape index (κ2) is 7.63. The first-order valence-corrected chi connectivity index (χ1v) is 8.42. The van der Waals surface area contributed by atoms with E-state index in [0.717, 1.165) is 25.5 Å². The number of aryl methyl sites for hydroxylation is 2. The normalized spacial score (nSPS) is 17.8. The Balaban J connectivity index is 1.68. The molecule has 9 heteroatoms. The molecule has 1 aliphatic heterocycles. The first-order chi connectivity index (χ1) is 12.5. The molecule has 1 saturated heterocycles. The van der Waals surface area contributed by atoms with Crippen molar-refractivity contribution < 1.29 is 9.72 Å². The van der Waals surface area contributed by atoms with Crippen LogP contribution < -0.4 is 10.6 Å². The number of non-ortho nitro benzene ring substituents is 1. The van der Waals surface area contributed by atoms with Gasteiger partial charge >= 0.3 is 0 Å². The average Bonchev–Trinajstić information content (AvgIpc) is 3.03. The van der Waals surface area contributed by atoms with Gasteiger partial charge < -0.3 is 15.2 Å². The number of rotatable bonds is 5. The van der Waals surface area contributed by atoms with Crippen molar-refractivity contribution >= 4 is 17.3 Å². The molecule has 2 aromatic rings. The second-order valence-electron chi connectivity index (χ2n) is 6.39. The standard InChI is InChI=1S/C17H22N6O3/c1-12-9-13(23(25)26)3-4-14(12)20-16(24)11-22-8-5-18-10-15(22)17-19-6-7-21(17)2/h3-4,6-7,9,15,18H,5,8,10-11H2,1-2H3,(H,20,24). The van der Waals surface area contributed by atoms with Gasteiger partial charge in [-0.05, 0) is 18.6 Å². The molecule has 1 amide bonds. The fourth-order valence-corrected chi connectivity index (χ4v) is 3.16. The SMILES string of the molecule is Cc1cc([N+](=O)[O-])ccc1NC(=O)CN1CCNCC1c1nccn1C. The predicted octanol–water partition coefficient (Wildman–Crippen LogP) is 1.22. The molecule has 26 heavy (non-hydrogen) atoms. The molecule has 2 N–H and O–H groups in total. The number of anilines is 1. The smallest absolute Gasteiger partial charge is 0.269 e. The number of piperazine rings is 1. The monoisotopic (exact) mass is 358 g/mol. The van der Waals surface area contributed by atoms with Crippen molar-refractivity contribution in [2.24, 2.45) is 7.05 Å². The van der Waals surface area contributed by atoms with E-state index in [2.05, 4.69) is 20.5 Å². The number of nitro groups is 1. The minimum Gasteiger partial charge on any atom is -0.337 e. The molecule has 0 aliphatic carbocycles. The number of benzene rings is 1. The summed E-state index contributed by atoms with van der Waals surface area (Å²) >= 11 is 0. The summed E-state index contributed by atoms with van der Waals surface area (Å²) in [7, 11) is 1.94.